The summed E-state index contributed by atoms with van der Waals surface area (Å²) in [6.45, 7) is 2.12. The molecule has 0 saturated heterocycles. The summed E-state index contributed by atoms with van der Waals surface area (Å²) in [4.78, 5) is 10.8. The lowest BCUT2D eigenvalue weighted by Crippen LogP contribution is -2.18. The first-order valence-electron chi connectivity index (χ1n) is 4.56. The lowest BCUT2D eigenvalue weighted by atomic mass is 10.2. The van der Waals surface area contributed by atoms with E-state index in [9.17, 15) is 4.79 Å². The van der Waals surface area contributed by atoms with Gasteiger partial charge in [0.2, 0.25) is 5.91 Å². The molecule has 0 aromatic carbocycles. The standard InChI is InChI=1S/C11H12N2O/c1-9(14)12-8-10-5-7-13-6-3-2-4-11(10)13/h2-7H,8H2,1H3,(H,12,14). The second-order valence-electron chi connectivity index (χ2n) is 3.24. The maximum Gasteiger partial charge on any atom is 0.217 e. The van der Waals surface area contributed by atoms with Crippen molar-refractivity contribution in [2.75, 3.05) is 0 Å². The summed E-state index contributed by atoms with van der Waals surface area (Å²) >= 11 is 0. The van der Waals surface area contributed by atoms with Crippen LogP contribution in [0.5, 0.6) is 0 Å². The predicted molar refractivity (Wildman–Crippen MR) is 54.9 cm³/mol. The van der Waals surface area contributed by atoms with Crippen molar-refractivity contribution >= 4 is 11.4 Å². The van der Waals surface area contributed by atoms with Crippen molar-refractivity contribution in [2.24, 2.45) is 0 Å². The number of amides is 1. The molecule has 2 aromatic heterocycles. The van der Waals surface area contributed by atoms with E-state index in [-0.39, 0.29) is 5.91 Å². The highest BCUT2D eigenvalue weighted by Gasteiger charge is 2.01. The van der Waals surface area contributed by atoms with Gasteiger partial charge in [0.1, 0.15) is 0 Å². The average Bonchev–Trinajstić information content (AvgIpc) is 2.58. The van der Waals surface area contributed by atoms with E-state index < -0.39 is 0 Å². The van der Waals surface area contributed by atoms with Crippen molar-refractivity contribution in [1.82, 2.24) is 9.72 Å². The van der Waals surface area contributed by atoms with Gasteiger partial charge in [-0.3, -0.25) is 4.79 Å². The molecule has 3 nitrogen and oxygen atoms in total. The highest BCUT2D eigenvalue weighted by molar-refractivity contribution is 5.73. The molecule has 14 heavy (non-hydrogen) atoms. The third-order valence-electron chi connectivity index (χ3n) is 2.18. The van der Waals surface area contributed by atoms with Crippen LogP contribution in [0.2, 0.25) is 0 Å². The molecule has 72 valence electrons. The molecule has 0 radical (unpaired) electrons. The van der Waals surface area contributed by atoms with Crippen molar-refractivity contribution in [3.63, 3.8) is 0 Å². The summed E-state index contributed by atoms with van der Waals surface area (Å²) in [5.41, 5.74) is 2.28. The second kappa shape index (κ2) is 3.54. The van der Waals surface area contributed by atoms with Gasteiger partial charge in [0.25, 0.3) is 0 Å². The van der Waals surface area contributed by atoms with E-state index in [1.54, 1.807) is 0 Å². The zero-order valence-electron chi connectivity index (χ0n) is 8.03. The van der Waals surface area contributed by atoms with Gasteiger partial charge in [-0.1, -0.05) is 6.07 Å². The molecule has 0 spiro atoms. The fraction of sp³-hybridized carbons (Fsp3) is 0.182. The molecule has 3 heteroatoms. The molecule has 0 saturated carbocycles. The molecule has 1 N–H and O–H groups in total. The van der Waals surface area contributed by atoms with Gasteiger partial charge >= 0.3 is 0 Å². The number of hydrogen-bond acceptors (Lipinski definition) is 1. The van der Waals surface area contributed by atoms with Crippen LogP contribution in [-0.2, 0) is 11.3 Å². The van der Waals surface area contributed by atoms with Crippen LogP contribution < -0.4 is 5.32 Å². The van der Waals surface area contributed by atoms with Crippen molar-refractivity contribution < 1.29 is 4.79 Å². The van der Waals surface area contributed by atoms with E-state index >= 15 is 0 Å². The van der Waals surface area contributed by atoms with E-state index in [0.717, 1.165) is 11.1 Å². The number of hydrogen-bond donors (Lipinski definition) is 1. The fourth-order valence-corrected chi connectivity index (χ4v) is 1.48. The number of aromatic nitrogens is 1. The van der Waals surface area contributed by atoms with E-state index in [0.29, 0.717) is 6.54 Å². The van der Waals surface area contributed by atoms with Crippen LogP contribution in [0, 0.1) is 0 Å². The summed E-state index contributed by atoms with van der Waals surface area (Å²) in [6, 6.07) is 8.03. The van der Waals surface area contributed by atoms with Gasteiger partial charge in [-0.2, -0.15) is 0 Å². The van der Waals surface area contributed by atoms with Crippen molar-refractivity contribution in [3.05, 3.63) is 42.2 Å². The molecular formula is C11H12N2O. The fourth-order valence-electron chi connectivity index (χ4n) is 1.48. The highest BCUT2D eigenvalue weighted by atomic mass is 16.1. The zero-order chi connectivity index (χ0) is 9.97. The van der Waals surface area contributed by atoms with Gasteiger partial charge in [-0.25, -0.2) is 0 Å². The number of rotatable bonds is 2. The number of carbonyl (C=O) groups is 1. The van der Waals surface area contributed by atoms with Crippen LogP contribution in [0.4, 0.5) is 0 Å². The van der Waals surface area contributed by atoms with Gasteiger partial charge in [0, 0.05) is 31.4 Å². The monoisotopic (exact) mass is 188 g/mol. The Balaban J connectivity index is 2.29. The second-order valence-corrected chi connectivity index (χ2v) is 3.24. The summed E-state index contributed by atoms with van der Waals surface area (Å²) in [5, 5.41) is 2.79. The minimum atomic E-state index is 0.000260. The zero-order valence-corrected chi connectivity index (χ0v) is 8.03. The molecule has 1 amide bonds. The molecule has 0 fully saturated rings. The SMILES string of the molecule is CC(=O)NCc1ccn2ccccc12. The van der Waals surface area contributed by atoms with Crippen molar-refractivity contribution in [2.45, 2.75) is 13.5 Å². The Morgan fingerprint density at radius 3 is 3.00 bits per heavy atom. The Kier molecular flexibility index (Phi) is 2.23. The topological polar surface area (TPSA) is 33.5 Å². The summed E-state index contributed by atoms with van der Waals surface area (Å²) < 4.78 is 2.04. The van der Waals surface area contributed by atoms with Gasteiger partial charge in [0.05, 0.1) is 0 Å². The first-order valence-corrected chi connectivity index (χ1v) is 4.56. The molecule has 2 rings (SSSR count). The third kappa shape index (κ3) is 1.62. The maximum atomic E-state index is 10.8. The molecule has 0 aliphatic heterocycles. The molecule has 0 atom stereocenters. The molecule has 0 aliphatic carbocycles. The molecule has 2 heterocycles. The first-order chi connectivity index (χ1) is 6.77. The van der Waals surface area contributed by atoms with E-state index in [2.05, 4.69) is 5.32 Å². The van der Waals surface area contributed by atoms with Crippen LogP contribution in [0.3, 0.4) is 0 Å². The minimum absolute atomic E-state index is 0.000260. The van der Waals surface area contributed by atoms with E-state index in [1.165, 1.54) is 6.92 Å². The number of pyridine rings is 1. The van der Waals surface area contributed by atoms with E-state index in [4.69, 9.17) is 0 Å². The van der Waals surface area contributed by atoms with Crippen LogP contribution in [0.1, 0.15) is 12.5 Å². The number of fused-ring (bicyclic) bond motifs is 1. The van der Waals surface area contributed by atoms with Crippen molar-refractivity contribution in [1.29, 1.82) is 0 Å². The Bertz CT molecular complexity index is 459. The minimum Gasteiger partial charge on any atom is -0.352 e. The molecule has 0 aliphatic rings. The van der Waals surface area contributed by atoms with Crippen molar-refractivity contribution in [3.8, 4) is 0 Å². The Labute approximate surface area is 82.4 Å². The van der Waals surface area contributed by atoms with E-state index in [1.807, 2.05) is 41.1 Å². The summed E-state index contributed by atoms with van der Waals surface area (Å²) in [7, 11) is 0. The molecular weight excluding hydrogens is 176 g/mol. The summed E-state index contributed by atoms with van der Waals surface area (Å²) in [5.74, 6) is 0.000260. The highest BCUT2D eigenvalue weighted by Crippen LogP contribution is 2.11. The van der Waals surface area contributed by atoms with Crippen LogP contribution in [0.15, 0.2) is 36.7 Å². The molecule has 0 unspecified atom stereocenters. The van der Waals surface area contributed by atoms with Crippen LogP contribution in [-0.4, -0.2) is 10.3 Å². The normalized spacial score (nSPS) is 10.4. The maximum absolute atomic E-state index is 10.8. The first kappa shape index (κ1) is 8.81. The number of nitrogens with zero attached hydrogens (tertiary/aromatic N) is 1. The average molecular weight is 188 g/mol. The summed E-state index contributed by atoms with van der Waals surface area (Å²) in [6.07, 6.45) is 3.99. The van der Waals surface area contributed by atoms with Gasteiger partial charge in [-0.05, 0) is 23.8 Å². The van der Waals surface area contributed by atoms with Crippen LogP contribution in [0.25, 0.3) is 5.52 Å². The Hall–Kier alpha value is -1.77. The lowest BCUT2D eigenvalue weighted by molar-refractivity contribution is -0.119. The van der Waals surface area contributed by atoms with Gasteiger partial charge < -0.3 is 9.72 Å². The smallest absolute Gasteiger partial charge is 0.217 e. The van der Waals surface area contributed by atoms with Gasteiger partial charge in [0.15, 0.2) is 0 Å². The Morgan fingerprint density at radius 2 is 2.21 bits per heavy atom. The number of nitrogens with one attached hydrogen (secondary N) is 1. The van der Waals surface area contributed by atoms with Gasteiger partial charge in [-0.15, -0.1) is 0 Å². The quantitative estimate of drug-likeness (QED) is 0.762. The Morgan fingerprint density at radius 1 is 1.36 bits per heavy atom. The molecule has 2 aromatic rings. The number of carbonyl (C=O) groups excluding carboxylic acids is 1. The van der Waals surface area contributed by atoms with Crippen LogP contribution >= 0.6 is 0 Å². The predicted octanol–water partition coefficient (Wildman–Crippen LogP) is 1.58. The molecule has 0 bridgehead atoms. The lowest BCUT2D eigenvalue weighted by Gasteiger charge is -2.00. The largest absolute Gasteiger partial charge is 0.352 e. The third-order valence-corrected chi connectivity index (χ3v) is 2.18.